The molecule has 0 aliphatic rings. The van der Waals surface area contributed by atoms with Gasteiger partial charge in [0.2, 0.25) is 0 Å². The molecule has 0 heterocycles. The molecule has 0 saturated heterocycles. The number of nitriles is 1. The Bertz CT molecular complexity index is 398. The molecule has 1 unspecified atom stereocenters. The van der Waals surface area contributed by atoms with E-state index in [1.807, 2.05) is 11.9 Å². The molecule has 0 radical (unpaired) electrons. The van der Waals surface area contributed by atoms with Crippen LogP contribution in [0.1, 0.15) is 18.1 Å². The van der Waals surface area contributed by atoms with E-state index in [1.54, 1.807) is 19.1 Å². The Balaban J connectivity index is 2.71. The van der Waals surface area contributed by atoms with Gasteiger partial charge in [-0.05, 0) is 31.7 Å². The first-order valence-electron chi connectivity index (χ1n) is 5.08. The maximum absolute atomic E-state index is 13.0. The predicted octanol–water partition coefficient (Wildman–Crippen LogP) is 1.51. The normalized spacial score (nSPS) is 12.5. The Morgan fingerprint density at radius 1 is 1.56 bits per heavy atom. The van der Waals surface area contributed by atoms with Crippen molar-refractivity contribution in [3.63, 3.8) is 0 Å². The largest absolute Gasteiger partial charge is 0.392 e. The lowest BCUT2D eigenvalue weighted by Crippen LogP contribution is -2.26. The first-order valence-corrected chi connectivity index (χ1v) is 5.08. The molecule has 1 N–H and O–H groups in total. The molecule has 0 aliphatic carbocycles. The number of halogens is 1. The first kappa shape index (κ1) is 12.6. The second kappa shape index (κ2) is 5.59. The first-order chi connectivity index (χ1) is 7.52. The average molecular weight is 222 g/mol. The van der Waals surface area contributed by atoms with Crippen LogP contribution in [0.4, 0.5) is 4.39 Å². The SMILES string of the molecule is CC(O)CN(C)Cc1ccc(F)c(C#N)c1. The molecule has 0 bridgehead atoms. The third-order valence-electron chi connectivity index (χ3n) is 2.18. The Hall–Kier alpha value is -1.44. The standard InChI is InChI=1S/C12H15FN2O/c1-9(16)7-15(2)8-10-3-4-12(13)11(5-10)6-14/h3-5,9,16H,7-8H2,1-2H3. The van der Waals surface area contributed by atoms with E-state index in [0.29, 0.717) is 13.1 Å². The smallest absolute Gasteiger partial charge is 0.140 e. The van der Waals surface area contributed by atoms with Crippen LogP contribution in [0.3, 0.4) is 0 Å². The van der Waals surface area contributed by atoms with Gasteiger partial charge in [-0.15, -0.1) is 0 Å². The van der Waals surface area contributed by atoms with Gasteiger partial charge < -0.3 is 5.11 Å². The van der Waals surface area contributed by atoms with Crippen LogP contribution >= 0.6 is 0 Å². The lowest BCUT2D eigenvalue weighted by molar-refractivity contribution is 0.138. The summed E-state index contributed by atoms with van der Waals surface area (Å²) in [5.74, 6) is -0.496. The lowest BCUT2D eigenvalue weighted by atomic mass is 10.1. The molecule has 1 aromatic carbocycles. The molecule has 0 amide bonds. The summed E-state index contributed by atoms with van der Waals surface area (Å²) in [6, 6.07) is 6.29. The summed E-state index contributed by atoms with van der Waals surface area (Å²) in [5, 5.41) is 17.9. The molecule has 0 saturated carbocycles. The van der Waals surface area contributed by atoms with Crippen LogP contribution in [0.25, 0.3) is 0 Å². The average Bonchev–Trinajstić information content (AvgIpc) is 2.19. The quantitative estimate of drug-likeness (QED) is 0.840. The molecule has 1 atom stereocenters. The van der Waals surface area contributed by atoms with Gasteiger partial charge in [-0.2, -0.15) is 5.26 Å². The van der Waals surface area contributed by atoms with Crippen LogP contribution in [0.15, 0.2) is 18.2 Å². The lowest BCUT2D eigenvalue weighted by Gasteiger charge is -2.18. The summed E-state index contributed by atoms with van der Waals surface area (Å²) in [4.78, 5) is 1.92. The van der Waals surface area contributed by atoms with Crippen molar-refractivity contribution in [1.29, 1.82) is 5.26 Å². The van der Waals surface area contributed by atoms with Gasteiger partial charge in [-0.1, -0.05) is 6.07 Å². The third-order valence-corrected chi connectivity index (χ3v) is 2.18. The predicted molar refractivity (Wildman–Crippen MR) is 59.1 cm³/mol. The highest BCUT2D eigenvalue weighted by Crippen LogP contribution is 2.11. The Labute approximate surface area is 94.7 Å². The van der Waals surface area contributed by atoms with E-state index in [2.05, 4.69) is 0 Å². The zero-order chi connectivity index (χ0) is 12.1. The molecule has 4 heteroatoms. The number of nitrogens with zero attached hydrogens (tertiary/aromatic N) is 2. The number of aliphatic hydroxyl groups is 1. The van der Waals surface area contributed by atoms with Crippen molar-refractivity contribution in [3.8, 4) is 6.07 Å². The Kier molecular flexibility index (Phi) is 4.41. The van der Waals surface area contributed by atoms with Gasteiger partial charge in [-0.25, -0.2) is 4.39 Å². The van der Waals surface area contributed by atoms with Gasteiger partial charge in [0.15, 0.2) is 0 Å². The number of rotatable bonds is 4. The maximum Gasteiger partial charge on any atom is 0.140 e. The molecule has 3 nitrogen and oxygen atoms in total. The van der Waals surface area contributed by atoms with E-state index in [0.717, 1.165) is 5.56 Å². The van der Waals surface area contributed by atoms with E-state index in [-0.39, 0.29) is 5.56 Å². The van der Waals surface area contributed by atoms with E-state index in [4.69, 9.17) is 5.26 Å². The van der Waals surface area contributed by atoms with E-state index in [1.165, 1.54) is 12.1 Å². The second-order valence-electron chi connectivity index (χ2n) is 3.97. The van der Waals surface area contributed by atoms with Gasteiger partial charge in [0.1, 0.15) is 11.9 Å². The van der Waals surface area contributed by atoms with Crippen molar-refractivity contribution in [2.24, 2.45) is 0 Å². The van der Waals surface area contributed by atoms with E-state index in [9.17, 15) is 9.50 Å². The zero-order valence-corrected chi connectivity index (χ0v) is 9.44. The molecule has 0 aliphatic heterocycles. The minimum Gasteiger partial charge on any atom is -0.392 e. The molecule has 16 heavy (non-hydrogen) atoms. The van der Waals surface area contributed by atoms with Crippen LogP contribution in [0.2, 0.25) is 0 Å². The summed E-state index contributed by atoms with van der Waals surface area (Å²) in [7, 11) is 1.86. The van der Waals surface area contributed by atoms with Crippen molar-refractivity contribution in [2.75, 3.05) is 13.6 Å². The van der Waals surface area contributed by atoms with Crippen molar-refractivity contribution in [3.05, 3.63) is 35.1 Å². The maximum atomic E-state index is 13.0. The van der Waals surface area contributed by atoms with Gasteiger partial charge >= 0.3 is 0 Å². The number of hydrogen-bond acceptors (Lipinski definition) is 3. The molecule has 1 rings (SSSR count). The number of aliphatic hydroxyl groups excluding tert-OH is 1. The second-order valence-corrected chi connectivity index (χ2v) is 3.97. The molecule has 0 fully saturated rings. The highest BCUT2D eigenvalue weighted by molar-refractivity contribution is 5.34. The molecular weight excluding hydrogens is 207 g/mol. The molecule has 0 spiro atoms. The summed E-state index contributed by atoms with van der Waals surface area (Å²) >= 11 is 0. The van der Waals surface area contributed by atoms with Crippen LogP contribution < -0.4 is 0 Å². The summed E-state index contributed by atoms with van der Waals surface area (Å²) < 4.78 is 13.0. The third kappa shape index (κ3) is 3.61. The summed E-state index contributed by atoms with van der Waals surface area (Å²) in [5.41, 5.74) is 0.920. The highest BCUT2D eigenvalue weighted by Gasteiger charge is 2.06. The molecule has 86 valence electrons. The number of hydrogen-bond donors (Lipinski definition) is 1. The van der Waals surface area contributed by atoms with Crippen molar-refractivity contribution in [2.45, 2.75) is 19.6 Å². The van der Waals surface area contributed by atoms with Crippen LogP contribution in [0.5, 0.6) is 0 Å². The van der Waals surface area contributed by atoms with Crippen LogP contribution in [-0.4, -0.2) is 29.7 Å². The fraction of sp³-hybridized carbons (Fsp3) is 0.417. The Morgan fingerprint density at radius 3 is 2.81 bits per heavy atom. The molecular formula is C12H15FN2O. The monoisotopic (exact) mass is 222 g/mol. The highest BCUT2D eigenvalue weighted by atomic mass is 19.1. The molecule has 0 aromatic heterocycles. The van der Waals surface area contributed by atoms with Crippen LogP contribution in [0, 0.1) is 17.1 Å². The minimum atomic E-state index is -0.496. The topological polar surface area (TPSA) is 47.3 Å². The van der Waals surface area contributed by atoms with Crippen molar-refractivity contribution < 1.29 is 9.50 Å². The fourth-order valence-electron chi connectivity index (χ4n) is 1.58. The van der Waals surface area contributed by atoms with E-state index < -0.39 is 11.9 Å². The summed E-state index contributed by atoms with van der Waals surface area (Å²) in [6.07, 6.45) is -0.402. The van der Waals surface area contributed by atoms with Gasteiger partial charge in [0, 0.05) is 13.1 Å². The van der Waals surface area contributed by atoms with Gasteiger partial charge in [0.05, 0.1) is 11.7 Å². The van der Waals surface area contributed by atoms with Crippen LogP contribution in [-0.2, 0) is 6.54 Å². The number of likely N-dealkylation sites (N-methyl/N-ethyl adjacent to an activating group) is 1. The van der Waals surface area contributed by atoms with E-state index >= 15 is 0 Å². The zero-order valence-electron chi connectivity index (χ0n) is 9.44. The number of benzene rings is 1. The summed E-state index contributed by atoms with van der Waals surface area (Å²) in [6.45, 7) is 2.83. The fourth-order valence-corrected chi connectivity index (χ4v) is 1.58. The van der Waals surface area contributed by atoms with Crippen molar-refractivity contribution >= 4 is 0 Å². The van der Waals surface area contributed by atoms with Gasteiger partial charge in [0.25, 0.3) is 0 Å². The minimum absolute atomic E-state index is 0.0583. The van der Waals surface area contributed by atoms with Gasteiger partial charge in [-0.3, -0.25) is 4.90 Å². The molecule has 1 aromatic rings. The Morgan fingerprint density at radius 2 is 2.25 bits per heavy atom. The van der Waals surface area contributed by atoms with Crippen molar-refractivity contribution in [1.82, 2.24) is 4.90 Å².